The summed E-state index contributed by atoms with van der Waals surface area (Å²) in [6.45, 7) is 6.36. The molecule has 2 atom stereocenters. The van der Waals surface area contributed by atoms with Gasteiger partial charge >= 0.3 is 5.97 Å². The quantitative estimate of drug-likeness (QED) is 0.748. The van der Waals surface area contributed by atoms with Gasteiger partial charge in [-0.05, 0) is 37.0 Å². The number of rotatable bonds is 8. The highest BCUT2D eigenvalue weighted by atomic mass is 19.1. The maximum Gasteiger partial charge on any atom is 0.317 e. The third-order valence-electron chi connectivity index (χ3n) is 3.87. The molecule has 1 rings (SSSR count). The second-order valence-electron chi connectivity index (χ2n) is 5.62. The second kappa shape index (κ2) is 8.13. The summed E-state index contributed by atoms with van der Waals surface area (Å²) in [5.74, 6) is -0.412. The second-order valence-corrected chi connectivity index (χ2v) is 5.62. The summed E-state index contributed by atoms with van der Waals surface area (Å²) in [5.41, 5.74) is 5.58. The molecule has 21 heavy (non-hydrogen) atoms. The van der Waals surface area contributed by atoms with Gasteiger partial charge in [0.15, 0.2) is 0 Å². The monoisotopic (exact) mass is 295 g/mol. The lowest BCUT2D eigenvalue weighted by atomic mass is 9.73. The van der Waals surface area contributed by atoms with Crippen LogP contribution in [0.2, 0.25) is 0 Å². The first-order valence-electron chi connectivity index (χ1n) is 7.63. The topological polar surface area (TPSA) is 52.3 Å². The predicted molar refractivity (Wildman–Crippen MR) is 82.5 cm³/mol. The Morgan fingerprint density at radius 1 is 1.43 bits per heavy atom. The number of esters is 1. The van der Waals surface area contributed by atoms with Crippen molar-refractivity contribution in [2.24, 2.45) is 11.7 Å². The van der Waals surface area contributed by atoms with Crippen LogP contribution in [0.15, 0.2) is 24.3 Å². The van der Waals surface area contributed by atoms with E-state index in [-0.39, 0.29) is 24.9 Å². The van der Waals surface area contributed by atoms with Gasteiger partial charge in [-0.1, -0.05) is 38.8 Å². The lowest BCUT2D eigenvalue weighted by Crippen LogP contribution is -2.45. The highest BCUT2D eigenvalue weighted by Crippen LogP contribution is 2.34. The number of hydrogen-bond donors (Lipinski definition) is 1. The molecule has 0 aromatic heterocycles. The van der Waals surface area contributed by atoms with Gasteiger partial charge in [0.2, 0.25) is 0 Å². The minimum atomic E-state index is -0.966. The third kappa shape index (κ3) is 4.27. The highest BCUT2D eigenvalue weighted by Gasteiger charge is 2.41. The number of carbonyl (C=O) groups is 1. The molecule has 0 saturated carbocycles. The van der Waals surface area contributed by atoms with Gasteiger partial charge in [0, 0.05) is 6.54 Å². The summed E-state index contributed by atoms with van der Waals surface area (Å²) in [5, 5.41) is 0. The Morgan fingerprint density at radius 2 is 2.14 bits per heavy atom. The smallest absolute Gasteiger partial charge is 0.317 e. The van der Waals surface area contributed by atoms with Crippen LogP contribution in [-0.4, -0.2) is 19.1 Å². The zero-order chi connectivity index (χ0) is 15.9. The predicted octanol–water partition coefficient (Wildman–Crippen LogP) is 3.41. The van der Waals surface area contributed by atoms with Crippen LogP contribution in [0.25, 0.3) is 0 Å². The van der Waals surface area contributed by atoms with E-state index in [0.717, 1.165) is 12.8 Å². The highest BCUT2D eigenvalue weighted by molar-refractivity contribution is 5.83. The molecule has 2 unspecified atom stereocenters. The van der Waals surface area contributed by atoms with Crippen molar-refractivity contribution < 1.29 is 13.9 Å². The number of benzene rings is 1. The van der Waals surface area contributed by atoms with Crippen LogP contribution in [-0.2, 0) is 14.9 Å². The van der Waals surface area contributed by atoms with E-state index in [1.54, 1.807) is 19.1 Å². The fraction of sp³-hybridized carbons (Fsp3) is 0.588. The molecule has 118 valence electrons. The molecular weight excluding hydrogens is 269 g/mol. The van der Waals surface area contributed by atoms with Crippen LogP contribution in [0.5, 0.6) is 0 Å². The van der Waals surface area contributed by atoms with Gasteiger partial charge in [-0.15, -0.1) is 0 Å². The van der Waals surface area contributed by atoms with Crippen molar-refractivity contribution in [1.82, 2.24) is 0 Å². The Morgan fingerprint density at radius 3 is 2.67 bits per heavy atom. The zero-order valence-corrected chi connectivity index (χ0v) is 13.2. The van der Waals surface area contributed by atoms with Gasteiger partial charge < -0.3 is 10.5 Å². The maximum absolute atomic E-state index is 13.6. The largest absolute Gasteiger partial charge is 0.465 e. The molecule has 0 aliphatic rings. The molecule has 1 aromatic carbocycles. The van der Waals surface area contributed by atoms with Gasteiger partial charge in [0.05, 0.1) is 6.61 Å². The van der Waals surface area contributed by atoms with Gasteiger partial charge in [0.1, 0.15) is 11.2 Å². The molecular formula is C17H26FNO2. The van der Waals surface area contributed by atoms with Crippen molar-refractivity contribution in [3.8, 4) is 0 Å². The fourth-order valence-electron chi connectivity index (χ4n) is 2.85. The molecule has 1 aromatic rings. The summed E-state index contributed by atoms with van der Waals surface area (Å²) >= 11 is 0. The van der Waals surface area contributed by atoms with Crippen molar-refractivity contribution in [3.63, 3.8) is 0 Å². The van der Waals surface area contributed by atoms with Crippen LogP contribution < -0.4 is 5.73 Å². The fourth-order valence-corrected chi connectivity index (χ4v) is 2.85. The molecule has 0 radical (unpaired) electrons. The molecule has 0 fully saturated rings. The molecule has 2 N–H and O–H groups in total. The van der Waals surface area contributed by atoms with Gasteiger partial charge in [0.25, 0.3) is 0 Å². The standard InChI is InChI=1S/C17H26FNO2/c1-4-7-13(3)11-17(12-19,16(20)21-5-2)14-8-6-9-15(18)10-14/h6,8-10,13H,4-5,7,11-12,19H2,1-3H3. The molecule has 0 amide bonds. The van der Waals surface area contributed by atoms with Gasteiger partial charge in [-0.3, -0.25) is 4.79 Å². The van der Waals surface area contributed by atoms with Crippen molar-refractivity contribution in [3.05, 3.63) is 35.6 Å². The Labute approximate surface area is 126 Å². The lowest BCUT2D eigenvalue weighted by molar-refractivity contribution is -0.150. The Kier molecular flexibility index (Phi) is 6.82. The van der Waals surface area contributed by atoms with Crippen molar-refractivity contribution in [1.29, 1.82) is 0 Å². The van der Waals surface area contributed by atoms with Gasteiger partial charge in [-0.25, -0.2) is 4.39 Å². The average molecular weight is 295 g/mol. The van der Waals surface area contributed by atoms with E-state index in [1.165, 1.54) is 12.1 Å². The lowest BCUT2D eigenvalue weighted by Gasteiger charge is -2.33. The number of hydrogen-bond acceptors (Lipinski definition) is 3. The minimum absolute atomic E-state index is 0.114. The summed E-state index contributed by atoms with van der Waals surface area (Å²) in [6.07, 6.45) is 2.60. The van der Waals surface area contributed by atoms with Crippen molar-refractivity contribution in [2.75, 3.05) is 13.2 Å². The maximum atomic E-state index is 13.6. The molecule has 0 bridgehead atoms. The number of carbonyl (C=O) groups excluding carboxylic acids is 1. The number of nitrogens with two attached hydrogens (primary N) is 1. The van der Waals surface area contributed by atoms with Crippen LogP contribution in [0.3, 0.4) is 0 Å². The molecule has 0 heterocycles. The van der Waals surface area contributed by atoms with E-state index in [1.807, 2.05) is 0 Å². The summed E-state index contributed by atoms with van der Waals surface area (Å²) in [4.78, 5) is 12.5. The average Bonchev–Trinajstić information content (AvgIpc) is 2.45. The molecule has 0 aliphatic heterocycles. The van der Waals surface area contributed by atoms with Crippen LogP contribution in [0, 0.1) is 11.7 Å². The summed E-state index contributed by atoms with van der Waals surface area (Å²) in [7, 11) is 0. The van der Waals surface area contributed by atoms with Crippen molar-refractivity contribution in [2.45, 2.75) is 45.4 Å². The Bertz CT molecular complexity index is 464. The van der Waals surface area contributed by atoms with E-state index in [4.69, 9.17) is 10.5 Å². The first-order chi connectivity index (χ1) is 10.00. The van der Waals surface area contributed by atoms with Crippen LogP contribution >= 0.6 is 0 Å². The third-order valence-corrected chi connectivity index (χ3v) is 3.87. The van der Waals surface area contributed by atoms with E-state index in [2.05, 4.69) is 13.8 Å². The normalized spacial score (nSPS) is 15.3. The van der Waals surface area contributed by atoms with E-state index < -0.39 is 5.41 Å². The van der Waals surface area contributed by atoms with Crippen LogP contribution in [0.4, 0.5) is 4.39 Å². The van der Waals surface area contributed by atoms with E-state index in [0.29, 0.717) is 17.9 Å². The molecule has 0 saturated heterocycles. The molecule has 3 nitrogen and oxygen atoms in total. The zero-order valence-electron chi connectivity index (χ0n) is 13.2. The summed E-state index contributed by atoms with van der Waals surface area (Å²) in [6, 6.07) is 6.12. The Balaban J connectivity index is 3.21. The first kappa shape index (κ1) is 17.6. The molecule has 4 heteroatoms. The van der Waals surface area contributed by atoms with Gasteiger partial charge in [-0.2, -0.15) is 0 Å². The SMILES string of the molecule is CCCC(C)CC(CN)(C(=O)OCC)c1cccc(F)c1. The Hall–Kier alpha value is -1.42. The molecule has 0 spiro atoms. The summed E-state index contributed by atoms with van der Waals surface area (Å²) < 4.78 is 18.8. The minimum Gasteiger partial charge on any atom is -0.465 e. The number of halogens is 1. The first-order valence-corrected chi connectivity index (χ1v) is 7.63. The molecule has 0 aliphatic carbocycles. The van der Waals surface area contributed by atoms with Crippen LogP contribution in [0.1, 0.15) is 45.6 Å². The van der Waals surface area contributed by atoms with Crippen molar-refractivity contribution >= 4 is 5.97 Å². The van der Waals surface area contributed by atoms with E-state index >= 15 is 0 Å². The number of ether oxygens (including phenoxy) is 1. The van der Waals surface area contributed by atoms with E-state index in [9.17, 15) is 9.18 Å².